The van der Waals surface area contributed by atoms with Gasteiger partial charge < -0.3 is 19.1 Å². The van der Waals surface area contributed by atoms with Gasteiger partial charge in [0.2, 0.25) is 0 Å². The minimum absolute atomic E-state index is 0.0515. The Balaban J connectivity index is 1.26. The van der Waals surface area contributed by atoms with Gasteiger partial charge >= 0.3 is 0 Å². The topological polar surface area (TPSA) is 60.9 Å². The number of carbonyl (C=O) groups excluding carboxylic acids is 1. The van der Waals surface area contributed by atoms with Crippen LogP contribution in [0.25, 0.3) is 0 Å². The second-order valence-corrected chi connectivity index (χ2v) is 6.95. The van der Waals surface area contributed by atoms with Crippen LogP contribution in [0, 0.1) is 5.82 Å². The molecule has 27 heavy (non-hydrogen) atoms. The van der Waals surface area contributed by atoms with E-state index in [1.54, 1.807) is 17.3 Å². The number of hydrogen-bond acceptors (Lipinski definition) is 5. The number of carbonyl (C=O) groups is 1. The first kappa shape index (κ1) is 17.7. The van der Waals surface area contributed by atoms with E-state index in [1.165, 1.54) is 24.3 Å². The van der Waals surface area contributed by atoms with Crippen LogP contribution in [0.2, 0.25) is 0 Å². The fourth-order valence-electron chi connectivity index (χ4n) is 3.51. The zero-order valence-electron chi connectivity index (χ0n) is 14.8. The highest BCUT2D eigenvalue weighted by atomic mass is 19.1. The zero-order valence-corrected chi connectivity index (χ0v) is 14.8. The van der Waals surface area contributed by atoms with Gasteiger partial charge in [0.05, 0.1) is 25.9 Å². The molecule has 0 aliphatic carbocycles. The van der Waals surface area contributed by atoms with E-state index >= 15 is 0 Å². The molecule has 0 saturated carbocycles. The summed E-state index contributed by atoms with van der Waals surface area (Å²) in [5, 5.41) is 0. The van der Waals surface area contributed by atoms with Crippen LogP contribution in [0.3, 0.4) is 0 Å². The summed E-state index contributed by atoms with van der Waals surface area (Å²) in [5.74, 6) is 0.776. The van der Waals surface area contributed by atoms with Gasteiger partial charge in [-0.1, -0.05) is 0 Å². The predicted molar refractivity (Wildman–Crippen MR) is 95.0 cm³/mol. The molecule has 3 heterocycles. The van der Waals surface area contributed by atoms with Crippen molar-refractivity contribution in [2.45, 2.75) is 24.5 Å². The van der Waals surface area contributed by atoms with Gasteiger partial charge in [-0.2, -0.15) is 0 Å². The molecular formula is C20H21FN2O4. The normalized spacial score (nSPS) is 20.8. The molecule has 1 aromatic heterocycles. The van der Waals surface area contributed by atoms with Crippen LogP contribution in [-0.2, 0) is 9.53 Å². The number of nitrogens with zero attached hydrogens (tertiary/aromatic N) is 2. The quantitative estimate of drug-likeness (QED) is 0.807. The van der Waals surface area contributed by atoms with Gasteiger partial charge in [-0.05, 0) is 36.4 Å². The highest BCUT2D eigenvalue weighted by molar-refractivity contribution is 5.79. The fraction of sp³-hybridized carbons (Fsp3) is 0.400. The first-order valence-corrected chi connectivity index (χ1v) is 8.99. The number of pyridine rings is 1. The molecule has 2 aromatic rings. The molecule has 1 amide bonds. The maximum Gasteiger partial charge on any atom is 0.260 e. The molecule has 2 aliphatic rings. The third kappa shape index (κ3) is 4.19. The SMILES string of the molecule is O=C(COc1ccc(F)cc1)N1CC2(C[C@@H](Oc3cccnc3)CCO2)C1. The van der Waals surface area contributed by atoms with Crippen LogP contribution in [0.1, 0.15) is 12.8 Å². The van der Waals surface area contributed by atoms with E-state index in [0.717, 1.165) is 18.6 Å². The maximum atomic E-state index is 12.9. The van der Waals surface area contributed by atoms with Crippen LogP contribution in [-0.4, -0.2) is 53.8 Å². The van der Waals surface area contributed by atoms with Crippen molar-refractivity contribution in [3.8, 4) is 11.5 Å². The number of halogens is 1. The van der Waals surface area contributed by atoms with Crippen molar-refractivity contribution in [2.24, 2.45) is 0 Å². The van der Waals surface area contributed by atoms with Crippen molar-refractivity contribution in [2.75, 3.05) is 26.3 Å². The summed E-state index contributed by atoms with van der Waals surface area (Å²) in [6, 6.07) is 9.34. The maximum absolute atomic E-state index is 12.9. The third-order valence-corrected chi connectivity index (χ3v) is 4.87. The highest BCUT2D eigenvalue weighted by Crippen LogP contribution is 2.35. The van der Waals surface area contributed by atoms with E-state index < -0.39 is 0 Å². The van der Waals surface area contributed by atoms with Gasteiger partial charge in [-0.15, -0.1) is 0 Å². The van der Waals surface area contributed by atoms with Gasteiger partial charge in [0.25, 0.3) is 5.91 Å². The standard InChI is InChI=1S/C20H21FN2O4/c21-15-3-5-16(6-4-15)25-12-19(24)23-13-20(14-23)10-17(7-9-26-20)27-18-2-1-8-22-11-18/h1-6,8,11,17H,7,9-10,12-14H2/t17-/m0/s1. The molecule has 0 radical (unpaired) electrons. The molecule has 1 atom stereocenters. The molecule has 2 fully saturated rings. The van der Waals surface area contributed by atoms with Gasteiger partial charge in [-0.25, -0.2) is 4.39 Å². The second kappa shape index (κ2) is 7.52. The summed E-state index contributed by atoms with van der Waals surface area (Å²) in [6.07, 6.45) is 5.02. The Kier molecular flexibility index (Phi) is 4.94. The average Bonchev–Trinajstić information content (AvgIpc) is 2.66. The summed E-state index contributed by atoms with van der Waals surface area (Å²) in [4.78, 5) is 18.1. The smallest absolute Gasteiger partial charge is 0.260 e. The monoisotopic (exact) mass is 372 g/mol. The Bertz CT molecular complexity index is 778. The van der Waals surface area contributed by atoms with Crippen molar-refractivity contribution in [3.63, 3.8) is 0 Å². The largest absolute Gasteiger partial charge is 0.489 e. The van der Waals surface area contributed by atoms with Crippen LogP contribution in [0.5, 0.6) is 11.5 Å². The van der Waals surface area contributed by atoms with Crippen LogP contribution < -0.4 is 9.47 Å². The van der Waals surface area contributed by atoms with Crippen LogP contribution >= 0.6 is 0 Å². The summed E-state index contributed by atoms with van der Waals surface area (Å²) >= 11 is 0. The Hall–Kier alpha value is -2.67. The number of aromatic nitrogens is 1. The lowest BCUT2D eigenvalue weighted by molar-refractivity contribution is -0.194. The lowest BCUT2D eigenvalue weighted by Gasteiger charge is -2.52. The molecule has 1 spiro atoms. The van der Waals surface area contributed by atoms with E-state index in [4.69, 9.17) is 14.2 Å². The third-order valence-electron chi connectivity index (χ3n) is 4.87. The number of likely N-dealkylation sites (tertiary alicyclic amines) is 1. The van der Waals surface area contributed by atoms with Crippen LogP contribution in [0.4, 0.5) is 4.39 Å². The van der Waals surface area contributed by atoms with Crippen molar-refractivity contribution < 1.29 is 23.4 Å². The summed E-state index contributed by atoms with van der Waals surface area (Å²) < 4.78 is 30.3. The van der Waals surface area contributed by atoms with E-state index in [0.29, 0.717) is 25.4 Å². The van der Waals surface area contributed by atoms with Crippen LogP contribution in [0.15, 0.2) is 48.8 Å². The number of ether oxygens (including phenoxy) is 3. The number of rotatable bonds is 5. The lowest BCUT2D eigenvalue weighted by Crippen LogP contribution is -2.68. The summed E-state index contributed by atoms with van der Waals surface area (Å²) in [5.41, 5.74) is -0.337. The molecular weight excluding hydrogens is 351 g/mol. The zero-order chi connectivity index (χ0) is 18.7. The van der Waals surface area contributed by atoms with Gasteiger partial charge in [0.1, 0.15) is 29.0 Å². The summed E-state index contributed by atoms with van der Waals surface area (Å²) in [6.45, 7) is 1.60. The molecule has 1 aromatic carbocycles. The minimum Gasteiger partial charge on any atom is -0.489 e. The van der Waals surface area contributed by atoms with E-state index in [9.17, 15) is 9.18 Å². The average molecular weight is 372 g/mol. The van der Waals surface area contributed by atoms with Crippen molar-refractivity contribution in [1.29, 1.82) is 0 Å². The molecule has 0 bridgehead atoms. The fourth-order valence-corrected chi connectivity index (χ4v) is 3.51. The molecule has 7 heteroatoms. The van der Waals surface area contributed by atoms with Gasteiger partial charge in [-0.3, -0.25) is 9.78 Å². The first-order valence-electron chi connectivity index (χ1n) is 8.99. The van der Waals surface area contributed by atoms with Gasteiger partial charge in [0, 0.05) is 19.0 Å². The Morgan fingerprint density at radius 2 is 2.07 bits per heavy atom. The van der Waals surface area contributed by atoms with E-state index in [-0.39, 0.29) is 30.0 Å². The van der Waals surface area contributed by atoms with Crippen molar-refractivity contribution in [3.05, 3.63) is 54.6 Å². The molecule has 142 valence electrons. The number of amides is 1. The molecule has 0 unspecified atom stereocenters. The number of hydrogen-bond donors (Lipinski definition) is 0. The van der Waals surface area contributed by atoms with Crippen molar-refractivity contribution in [1.82, 2.24) is 9.88 Å². The predicted octanol–water partition coefficient (Wildman–Crippen LogP) is 2.44. The van der Waals surface area contributed by atoms with E-state index in [2.05, 4.69) is 4.98 Å². The Morgan fingerprint density at radius 3 is 2.81 bits per heavy atom. The Labute approximate surface area is 156 Å². The molecule has 2 aliphatic heterocycles. The number of benzene rings is 1. The minimum atomic E-state index is -0.337. The van der Waals surface area contributed by atoms with Crippen molar-refractivity contribution >= 4 is 5.91 Å². The molecule has 0 N–H and O–H groups in total. The lowest BCUT2D eigenvalue weighted by atomic mass is 9.84. The first-order chi connectivity index (χ1) is 13.1. The highest BCUT2D eigenvalue weighted by Gasteiger charge is 2.49. The molecule has 2 saturated heterocycles. The second-order valence-electron chi connectivity index (χ2n) is 6.95. The molecule has 4 rings (SSSR count). The Morgan fingerprint density at radius 1 is 1.26 bits per heavy atom. The summed E-state index contributed by atoms with van der Waals surface area (Å²) in [7, 11) is 0. The van der Waals surface area contributed by atoms with Gasteiger partial charge in [0.15, 0.2) is 6.61 Å². The molecule has 6 nitrogen and oxygen atoms in total. The van der Waals surface area contributed by atoms with E-state index in [1.807, 2.05) is 12.1 Å².